The highest BCUT2D eigenvalue weighted by Crippen LogP contribution is 2.21. The minimum atomic E-state index is -4.48. The fourth-order valence-corrected chi connectivity index (χ4v) is 3.24. The van der Waals surface area contributed by atoms with E-state index in [1.54, 1.807) is 59.9 Å². The first kappa shape index (κ1) is 19.0. The van der Waals surface area contributed by atoms with Gasteiger partial charge in [0.25, 0.3) is 5.56 Å². The Labute approximate surface area is 156 Å². The number of para-hydroxylation sites is 2. The Morgan fingerprint density at radius 1 is 1.07 bits per heavy atom. The van der Waals surface area contributed by atoms with Gasteiger partial charge in [0.1, 0.15) is 6.54 Å². The zero-order valence-electron chi connectivity index (χ0n) is 13.9. The van der Waals surface area contributed by atoms with Crippen LogP contribution in [0.5, 0.6) is 0 Å². The normalized spacial score (nSPS) is 11.5. The second kappa shape index (κ2) is 7.83. The molecule has 0 saturated heterocycles. The van der Waals surface area contributed by atoms with Crippen LogP contribution in [-0.2, 0) is 4.79 Å². The fraction of sp³-hybridized carbons (Fsp3) is 0.167. The molecule has 1 heterocycles. The highest BCUT2D eigenvalue weighted by atomic mass is 32.2. The summed E-state index contributed by atoms with van der Waals surface area (Å²) in [4.78, 5) is 29.0. The molecule has 1 N–H and O–H groups in total. The molecule has 2 aromatic carbocycles. The monoisotopic (exact) mass is 393 g/mol. The number of amides is 1. The molecular weight excluding hydrogens is 379 g/mol. The first-order chi connectivity index (χ1) is 12.8. The molecule has 0 aliphatic rings. The van der Waals surface area contributed by atoms with Crippen molar-refractivity contribution in [2.45, 2.75) is 11.3 Å². The van der Waals surface area contributed by atoms with E-state index in [2.05, 4.69) is 4.98 Å². The van der Waals surface area contributed by atoms with Crippen LogP contribution in [0, 0.1) is 0 Å². The Morgan fingerprint density at radius 3 is 2.44 bits per heavy atom. The van der Waals surface area contributed by atoms with Crippen LogP contribution in [0.25, 0.3) is 16.6 Å². The molecule has 27 heavy (non-hydrogen) atoms. The summed E-state index contributed by atoms with van der Waals surface area (Å²) < 4.78 is 38.0. The third-order valence-electron chi connectivity index (χ3n) is 3.58. The fourth-order valence-electron chi connectivity index (χ4n) is 2.39. The number of benzene rings is 2. The number of alkyl halides is 3. The molecule has 0 bridgehead atoms. The quantitative estimate of drug-likeness (QED) is 0.534. The Balaban J connectivity index is 1.94. The third-order valence-corrected chi connectivity index (χ3v) is 4.52. The molecule has 3 rings (SSSR count). The van der Waals surface area contributed by atoms with Crippen LogP contribution in [0.4, 0.5) is 13.2 Å². The number of hydrogen-bond donors (Lipinski definition) is 1. The third kappa shape index (κ3) is 4.68. The van der Waals surface area contributed by atoms with E-state index in [1.807, 2.05) is 0 Å². The van der Waals surface area contributed by atoms with Gasteiger partial charge in [-0.05, 0) is 24.3 Å². The zero-order valence-corrected chi connectivity index (χ0v) is 14.7. The molecule has 0 saturated carbocycles. The summed E-state index contributed by atoms with van der Waals surface area (Å²) in [6.07, 6.45) is -4.48. The van der Waals surface area contributed by atoms with Crippen molar-refractivity contribution in [1.29, 1.82) is 0 Å². The van der Waals surface area contributed by atoms with Gasteiger partial charge in [0, 0.05) is 0 Å². The second-order valence-corrected chi connectivity index (χ2v) is 6.51. The summed E-state index contributed by atoms with van der Waals surface area (Å²) in [5.74, 6) is -1.09. The lowest BCUT2D eigenvalue weighted by Crippen LogP contribution is -2.35. The summed E-state index contributed by atoms with van der Waals surface area (Å²) in [5, 5.41) is 2.44. The number of rotatable bonds is 5. The summed E-state index contributed by atoms with van der Waals surface area (Å²) in [6, 6.07) is 15.5. The molecule has 1 aromatic heterocycles. The maximum atomic E-state index is 12.9. The molecule has 140 valence electrons. The molecule has 0 aliphatic carbocycles. The minimum absolute atomic E-state index is 0.229. The van der Waals surface area contributed by atoms with Gasteiger partial charge in [-0.2, -0.15) is 13.2 Å². The van der Waals surface area contributed by atoms with Crippen LogP contribution >= 0.6 is 11.8 Å². The zero-order chi connectivity index (χ0) is 19.4. The van der Waals surface area contributed by atoms with Gasteiger partial charge in [-0.15, -0.1) is 0 Å². The number of nitrogens with zero attached hydrogens (tertiary/aromatic N) is 2. The van der Waals surface area contributed by atoms with Crippen LogP contribution in [0.1, 0.15) is 0 Å². The summed E-state index contributed by atoms with van der Waals surface area (Å²) >= 11 is 0.902. The average Bonchev–Trinajstić information content (AvgIpc) is 2.65. The minimum Gasteiger partial charge on any atom is -0.346 e. The van der Waals surface area contributed by atoms with E-state index in [0.717, 1.165) is 11.8 Å². The maximum Gasteiger partial charge on any atom is 0.405 e. The van der Waals surface area contributed by atoms with Crippen LogP contribution in [0.2, 0.25) is 0 Å². The predicted octanol–water partition coefficient (Wildman–Crippen LogP) is 3.16. The van der Waals surface area contributed by atoms with Crippen LogP contribution in [0.3, 0.4) is 0 Å². The largest absolute Gasteiger partial charge is 0.405 e. The van der Waals surface area contributed by atoms with Crippen molar-refractivity contribution in [3.63, 3.8) is 0 Å². The first-order valence-corrected chi connectivity index (χ1v) is 8.87. The molecule has 0 spiro atoms. The van der Waals surface area contributed by atoms with Gasteiger partial charge < -0.3 is 5.32 Å². The van der Waals surface area contributed by atoms with Crippen LogP contribution in [-0.4, -0.2) is 33.9 Å². The number of fused-ring (bicyclic) bond motifs is 1. The van der Waals surface area contributed by atoms with Gasteiger partial charge in [0.15, 0.2) is 5.16 Å². The molecule has 0 atom stereocenters. The van der Waals surface area contributed by atoms with Crippen LogP contribution in [0.15, 0.2) is 64.5 Å². The number of aromatic nitrogens is 2. The molecule has 9 heteroatoms. The van der Waals surface area contributed by atoms with Crippen molar-refractivity contribution in [3.05, 3.63) is 65.0 Å². The van der Waals surface area contributed by atoms with E-state index in [1.165, 1.54) is 4.57 Å². The van der Waals surface area contributed by atoms with Crippen LogP contribution < -0.4 is 10.9 Å². The van der Waals surface area contributed by atoms with E-state index in [-0.39, 0.29) is 16.5 Å². The molecule has 5 nitrogen and oxygen atoms in total. The highest BCUT2D eigenvalue weighted by molar-refractivity contribution is 7.99. The molecule has 1 amide bonds. The lowest BCUT2D eigenvalue weighted by Gasteiger charge is -2.13. The molecule has 0 aliphatic heterocycles. The van der Waals surface area contributed by atoms with Gasteiger partial charge in [-0.3, -0.25) is 14.2 Å². The number of carbonyl (C=O) groups is 1. The predicted molar refractivity (Wildman–Crippen MR) is 97.1 cm³/mol. The lowest BCUT2D eigenvalue weighted by molar-refractivity contribution is -0.136. The number of halogens is 3. The number of carbonyl (C=O) groups excluding carboxylic acids is 1. The average molecular weight is 393 g/mol. The van der Waals surface area contributed by atoms with Crippen molar-refractivity contribution < 1.29 is 18.0 Å². The number of thioether (sulfide) groups is 1. The Kier molecular flexibility index (Phi) is 5.50. The summed E-state index contributed by atoms with van der Waals surface area (Å²) in [7, 11) is 0. The van der Waals surface area contributed by atoms with Gasteiger partial charge >= 0.3 is 6.18 Å². The Hall–Kier alpha value is -2.81. The van der Waals surface area contributed by atoms with Gasteiger partial charge in [-0.1, -0.05) is 42.1 Å². The Morgan fingerprint density at radius 2 is 1.74 bits per heavy atom. The Bertz CT molecular complexity index is 1020. The van der Waals surface area contributed by atoms with Crippen molar-refractivity contribution in [1.82, 2.24) is 14.9 Å². The van der Waals surface area contributed by atoms with Crippen molar-refractivity contribution >= 4 is 28.6 Å². The first-order valence-electron chi connectivity index (χ1n) is 7.88. The summed E-state index contributed by atoms with van der Waals surface area (Å²) in [5.41, 5.74) is 0.692. The molecule has 0 unspecified atom stereocenters. The smallest absolute Gasteiger partial charge is 0.346 e. The van der Waals surface area contributed by atoms with E-state index >= 15 is 0 Å². The van der Waals surface area contributed by atoms with Crippen molar-refractivity contribution in [2.75, 3.05) is 12.3 Å². The summed E-state index contributed by atoms with van der Waals surface area (Å²) in [6.45, 7) is -1.40. The topological polar surface area (TPSA) is 64.0 Å². The highest BCUT2D eigenvalue weighted by Gasteiger charge is 2.27. The lowest BCUT2D eigenvalue weighted by atomic mass is 10.2. The number of nitrogens with one attached hydrogen (secondary N) is 1. The molecule has 0 fully saturated rings. The second-order valence-electron chi connectivity index (χ2n) is 5.57. The molecule has 3 aromatic rings. The van der Waals surface area contributed by atoms with Crippen molar-refractivity contribution in [3.8, 4) is 5.69 Å². The van der Waals surface area contributed by atoms with E-state index in [9.17, 15) is 22.8 Å². The van der Waals surface area contributed by atoms with E-state index in [0.29, 0.717) is 16.6 Å². The van der Waals surface area contributed by atoms with E-state index < -0.39 is 18.6 Å². The van der Waals surface area contributed by atoms with Gasteiger partial charge in [0.2, 0.25) is 5.91 Å². The van der Waals surface area contributed by atoms with E-state index in [4.69, 9.17) is 0 Å². The maximum absolute atomic E-state index is 12.9. The van der Waals surface area contributed by atoms with Gasteiger partial charge in [-0.25, -0.2) is 4.98 Å². The van der Waals surface area contributed by atoms with Crippen molar-refractivity contribution in [2.24, 2.45) is 0 Å². The molecular formula is C18H14F3N3O2S. The number of hydrogen-bond acceptors (Lipinski definition) is 4. The molecule has 0 radical (unpaired) electrons. The standard InChI is InChI=1S/C18H14F3N3O2S/c19-18(20,21)11-22-15(25)10-27-17-23-14-9-5-4-8-13(14)16(26)24(17)12-6-2-1-3-7-12/h1-9H,10-11H2,(H,22,25). The van der Waals surface area contributed by atoms with Gasteiger partial charge in [0.05, 0.1) is 22.3 Å². The SMILES string of the molecule is O=C(CSc1nc2ccccc2c(=O)n1-c1ccccc1)NCC(F)(F)F.